The summed E-state index contributed by atoms with van der Waals surface area (Å²) in [7, 11) is 0. The Morgan fingerprint density at radius 1 is 1.11 bits per heavy atom. The number of aryl methyl sites for hydroxylation is 4. The Balaban J connectivity index is 1.41. The summed E-state index contributed by atoms with van der Waals surface area (Å²) in [4.78, 5) is 22.5. The smallest absolute Gasteiger partial charge is 0.265 e. The van der Waals surface area contributed by atoms with E-state index in [1.165, 1.54) is 11.3 Å². The molecule has 0 spiro atoms. The standard InChI is InChI=1S/C20H24N4O3S/c1-12-5-6-17(26-12)19-21-14(3)18(28-19)20(25)24-9-7-23(8-10-24)11-16-13(2)22-27-15(16)4/h5-6H,7-11H2,1-4H3. The third kappa shape index (κ3) is 3.62. The zero-order valence-corrected chi connectivity index (χ0v) is 17.4. The number of carbonyl (C=O) groups excluding carboxylic acids is 1. The zero-order chi connectivity index (χ0) is 19.8. The summed E-state index contributed by atoms with van der Waals surface area (Å²) >= 11 is 1.41. The number of thiazole rings is 1. The topological polar surface area (TPSA) is 75.6 Å². The summed E-state index contributed by atoms with van der Waals surface area (Å²) in [5, 5.41) is 4.78. The number of nitrogens with zero attached hydrogens (tertiary/aromatic N) is 4. The number of rotatable bonds is 4. The predicted octanol–water partition coefficient (Wildman–Crippen LogP) is 3.58. The van der Waals surface area contributed by atoms with Crippen LogP contribution < -0.4 is 0 Å². The van der Waals surface area contributed by atoms with Gasteiger partial charge in [0.25, 0.3) is 5.91 Å². The third-order valence-electron chi connectivity index (χ3n) is 5.16. The molecule has 3 aromatic heterocycles. The van der Waals surface area contributed by atoms with E-state index in [0.717, 1.165) is 53.1 Å². The number of hydrogen-bond acceptors (Lipinski definition) is 7. The van der Waals surface area contributed by atoms with Crippen LogP contribution in [0.5, 0.6) is 0 Å². The van der Waals surface area contributed by atoms with Crippen LogP contribution >= 0.6 is 11.3 Å². The van der Waals surface area contributed by atoms with Gasteiger partial charge in [0.05, 0.1) is 11.4 Å². The highest BCUT2D eigenvalue weighted by Gasteiger charge is 2.27. The van der Waals surface area contributed by atoms with Gasteiger partial charge in [-0.3, -0.25) is 9.69 Å². The number of piperazine rings is 1. The second-order valence-electron chi connectivity index (χ2n) is 7.21. The van der Waals surface area contributed by atoms with Crippen LogP contribution in [-0.2, 0) is 6.54 Å². The molecule has 1 fully saturated rings. The fourth-order valence-corrected chi connectivity index (χ4v) is 4.45. The number of furan rings is 1. The van der Waals surface area contributed by atoms with Gasteiger partial charge >= 0.3 is 0 Å². The molecule has 0 bridgehead atoms. The Morgan fingerprint density at radius 2 is 1.86 bits per heavy atom. The summed E-state index contributed by atoms with van der Waals surface area (Å²) < 4.78 is 10.9. The molecule has 0 aliphatic carbocycles. The molecule has 4 rings (SSSR count). The highest BCUT2D eigenvalue weighted by Crippen LogP contribution is 2.30. The predicted molar refractivity (Wildman–Crippen MR) is 106 cm³/mol. The van der Waals surface area contributed by atoms with Gasteiger partial charge in [0, 0.05) is 38.3 Å². The van der Waals surface area contributed by atoms with Crippen molar-refractivity contribution in [1.29, 1.82) is 0 Å². The van der Waals surface area contributed by atoms with E-state index in [4.69, 9.17) is 8.94 Å². The summed E-state index contributed by atoms with van der Waals surface area (Å²) in [6.07, 6.45) is 0. The highest BCUT2D eigenvalue weighted by atomic mass is 32.1. The SMILES string of the molecule is Cc1ccc(-c2nc(C)c(C(=O)N3CCN(Cc4c(C)noc4C)CC3)s2)o1. The lowest BCUT2D eigenvalue weighted by Crippen LogP contribution is -2.48. The maximum atomic E-state index is 13.0. The average Bonchev–Trinajstić information content (AvgIpc) is 3.37. The first-order valence-electron chi connectivity index (χ1n) is 9.40. The molecule has 0 aromatic carbocycles. The van der Waals surface area contributed by atoms with Crippen molar-refractivity contribution in [3.05, 3.63) is 45.5 Å². The first-order valence-corrected chi connectivity index (χ1v) is 10.2. The Hall–Kier alpha value is -2.45. The van der Waals surface area contributed by atoms with Crippen molar-refractivity contribution in [1.82, 2.24) is 19.9 Å². The number of carbonyl (C=O) groups is 1. The van der Waals surface area contributed by atoms with Crippen molar-refractivity contribution in [3.8, 4) is 10.8 Å². The van der Waals surface area contributed by atoms with Crippen LogP contribution in [0.1, 0.15) is 38.1 Å². The van der Waals surface area contributed by atoms with Crippen LogP contribution in [0.15, 0.2) is 21.1 Å². The van der Waals surface area contributed by atoms with Crippen molar-refractivity contribution in [2.45, 2.75) is 34.2 Å². The summed E-state index contributed by atoms with van der Waals surface area (Å²) in [5.41, 5.74) is 2.85. The van der Waals surface area contributed by atoms with Crippen molar-refractivity contribution < 1.29 is 13.7 Å². The second kappa shape index (κ2) is 7.52. The Labute approximate surface area is 167 Å². The van der Waals surface area contributed by atoms with Crippen LogP contribution in [0.4, 0.5) is 0 Å². The first-order chi connectivity index (χ1) is 13.4. The van der Waals surface area contributed by atoms with Crippen LogP contribution in [0.25, 0.3) is 10.8 Å². The van der Waals surface area contributed by atoms with E-state index in [2.05, 4.69) is 15.0 Å². The van der Waals surface area contributed by atoms with Gasteiger partial charge < -0.3 is 13.8 Å². The molecule has 0 saturated carbocycles. The Morgan fingerprint density at radius 3 is 2.46 bits per heavy atom. The van der Waals surface area contributed by atoms with Crippen molar-refractivity contribution in [2.24, 2.45) is 0 Å². The lowest BCUT2D eigenvalue weighted by molar-refractivity contribution is 0.0631. The molecule has 8 heteroatoms. The number of amides is 1. The lowest BCUT2D eigenvalue weighted by Gasteiger charge is -2.34. The van der Waals surface area contributed by atoms with E-state index in [0.29, 0.717) is 23.7 Å². The fourth-order valence-electron chi connectivity index (χ4n) is 3.45. The summed E-state index contributed by atoms with van der Waals surface area (Å²) in [5.74, 6) is 2.48. The minimum Gasteiger partial charge on any atom is -0.459 e. The van der Waals surface area contributed by atoms with Gasteiger partial charge in [0.2, 0.25) is 0 Å². The molecular formula is C20H24N4O3S. The van der Waals surface area contributed by atoms with Gasteiger partial charge in [-0.05, 0) is 39.8 Å². The van der Waals surface area contributed by atoms with Gasteiger partial charge in [-0.2, -0.15) is 0 Å². The zero-order valence-electron chi connectivity index (χ0n) is 16.6. The van der Waals surface area contributed by atoms with Gasteiger partial charge in [0.1, 0.15) is 16.4 Å². The molecule has 3 aromatic rings. The molecule has 0 N–H and O–H groups in total. The van der Waals surface area contributed by atoms with Gasteiger partial charge in [-0.1, -0.05) is 5.16 Å². The molecule has 4 heterocycles. The first kappa shape index (κ1) is 18.9. The number of aromatic nitrogens is 2. The largest absolute Gasteiger partial charge is 0.459 e. The van der Waals surface area contributed by atoms with Crippen molar-refractivity contribution >= 4 is 17.2 Å². The van der Waals surface area contributed by atoms with E-state index in [9.17, 15) is 4.79 Å². The van der Waals surface area contributed by atoms with Crippen LogP contribution in [0.3, 0.4) is 0 Å². The molecular weight excluding hydrogens is 376 g/mol. The van der Waals surface area contributed by atoms with Crippen molar-refractivity contribution in [2.75, 3.05) is 26.2 Å². The van der Waals surface area contributed by atoms with Gasteiger partial charge in [-0.15, -0.1) is 11.3 Å². The fraction of sp³-hybridized carbons (Fsp3) is 0.450. The lowest BCUT2D eigenvalue weighted by atomic mass is 10.1. The van der Waals surface area contributed by atoms with Crippen LogP contribution in [-0.4, -0.2) is 52.0 Å². The molecule has 0 radical (unpaired) electrons. The minimum atomic E-state index is 0.0570. The highest BCUT2D eigenvalue weighted by molar-refractivity contribution is 7.17. The summed E-state index contributed by atoms with van der Waals surface area (Å²) in [6, 6.07) is 3.81. The molecule has 1 saturated heterocycles. The molecule has 1 aliphatic rings. The molecule has 0 atom stereocenters. The van der Waals surface area contributed by atoms with Gasteiger partial charge in [-0.25, -0.2) is 4.98 Å². The molecule has 7 nitrogen and oxygen atoms in total. The molecule has 28 heavy (non-hydrogen) atoms. The number of hydrogen-bond donors (Lipinski definition) is 0. The van der Waals surface area contributed by atoms with Gasteiger partial charge in [0.15, 0.2) is 10.8 Å². The van der Waals surface area contributed by atoms with E-state index < -0.39 is 0 Å². The van der Waals surface area contributed by atoms with Crippen molar-refractivity contribution in [3.63, 3.8) is 0 Å². The Kier molecular flexibility index (Phi) is 5.07. The van der Waals surface area contributed by atoms with E-state index in [-0.39, 0.29) is 5.91 Å². The second-order valence-corrected chi connectivity index (χ2v) is 8.21. The minimum absolute atomic E-state index is 0.0570. The van der Waals surface area contributed by atoms with Crippen LogP contribution in [0, 0.1) is 27.7 Å². The summed E-state index contributed by atoms with van der Waals surface area (Å²) in [6.45, 7) is 11.6. The molecule has 0 unspecified atom stereocenters. The maximum Gasteiger partial charge on any atom is 0.265 e. The van der Waals surface area contributed by atoms with E-state index in [1.807, 2.05) is 44.7 Å². The van der Waals surface area contributed by atoms with E-state index in [1.54, 1.807) is 0 Å². The molecule has 1 aliphatic heterocycles. The molecule has 148 valence electrons. The van der Waals surface area contributed by atoms with E-state index >= 15 is 0 Å². The normalized spacial score (nSPS) is 15.4. The Bertz CT molecular complexity index is 976. The maximum absolute atomic E-state index is 13.0. The third-order valence-corrected chi connectivity index (χ3v) is 6.32. The average molecular weight is 401 g/mol. The monoisotopic (exact) mass is 400 g/mol. The quantitative estimate of drug-likeness (QED) is 0.666. The molecule has 1 amide bonds. The van der Waals surface area contributed by atoms with Crippen LogP contribution in [0.2, 0.25) is 0 Å².